The standard InChI is InChI=1S/C18H20ClN3O2/c1-3-12(2)20-17(23)15-6-4-5-7-16(15)22-18(24)21-14-10-8-13(19)9-11-14/h4-12H,3H2,1-2H3,(H,20,23)(H2,21,22,24). The number of para-hydroxylation sites is 1. The van der Waals surface area contributed by atoms with Gasteiger partial charge in [0, 0.05) is 16.8 Å². The number of carbonyl (C=O) groups excluding carboxylic acids is 2. The van der Waals surface area contributed by atoms with Crippen molar-refractivity contribution >= 4 is 34.9 Å². The molecule has 2 aromatic rings. The van der Waals surface area contributed by atoms with E-state index in [4.69, 9.17) is 11.6 Å². The number of hydrogen-bond acceptors (Lipinski definition) is 2. The number of halogens is 1. The number of hydrogen-bond donors (Lipinski definition) is 3. The van der Waals surface area contributed by atoms with E-state index in [1.54, 1.807) is 48.5 Å². The Kier molecular flexibility index (Phi) is 6.21. The Bertz CT molecular complexity index is 716. The second-order valence-corrected chi connectivity index (χ2v) is 5.85. The van der Waals surface area contributed by atoms with E-state index in [1.807, 2.05) is 13.8 Å². The fourth-order valence-corrected chi connectivity index (χ4v) is 2.14. The van der Waals surface area contributed by atoms with Crippen molar-refractivity contribution in [3.63, 3.8) is 0 Å². The SMILES string of the molecule is CCC(C)NC(=O)c1ccccc1NC(=O)Nc1ccc(Cl)cc1. The molecule has 1 unspecified atom stereocenters. The van der Waals surface area contributed by atoms with E-state index in [9.17, 15) is 9.59 Å². The van der Waals surface area contributed by atoms with Crippen LogP contribution < -0.4 is 16.0 Å². The molecule has 0 saturated carbocycles. The Morgan fingerprint density at radius 1 is 1.04 bits per heavy atom. The highest BCUT2D eigenvalue weighted by atomic mass is 35.5. The van der Waals surface area contributed by atoms with Crippen molar-refractivity contribution in [3.8, 4) is 0 Å². The highest BCUT2D eigenvalue weighted by molar-refractivity contribution is 6.30. The predicted octanol–water partition coefficient (Wildman–Crippen LogP) is 4.51. The zero-order chi connectivity index (χ0) is 17.5. The molecule has 0 aliphatic heterocycles. The van der Waals surface area contributed by atoms with Crippen LogP contribution in [0.15, 0.2) is 48.5 Å². The van der Waals surface area contributed by atoms with Crippen LogP contribution in [0.25, 0.3) is 0 Å². The number of carbonyl (C=O) groups is 2. The van der Waals surface area contributed by atoms with Crippen molar-refractivity contribution in [2.24, 2.45) is 0 Å². The highest BCUT2D eigenvalue weighted by Crippen LogP contribution is 2.17. The first kappa shape index (κ1) is 17.8. The zero-order valence-electron chi connectivity index (χ0n) is 13.6. The first-order chi connectivity index (χ1) is 11.5. The summed E-state index contributed by atoms with van der Waals surface area (Å²) in [6, 6.07) is 13.3. The quantitative estimate of drug-likeness (QED) is 0.746. The van der Waals surface area contributed by atoms with Crippen LogP contribution in [0.1, 0.15) is 30.6 Å². The van der Waals surface area contributed by atoms with E-state index in [-0.39, 0.29) is 11.9 Å². The van der Waals surface area contributed by atoms with Crippen LogP contribution in [0.3, 0.4) is 0 Å². The fourth-order valence-electron chi connectivity index (χ4n) is 2.01. The van der Waals surface area contributed by atoms with Crippen LogP contribution in [0.2, 0.25) is 5.02 Å². The molecular formula is C18H20ClN3O2. The van der Waals surface area contributed by atoms with E-state index in [0.717, 1.165) is 6.42 Å². The summed E-state index contributed by atoms with van der Waals surface area (Å²) in [5, 5.41) is 8.88. The van der Waals surface area contributed by atoms with Crippen molar-refractivity contribution in [2.45, 2.75) is 26.3 Å². The van der Waals surface area contributed by atoms with Crippen LogP contribution in [0.5, 0.6) is 0 Å². The lowest BCUT2D eigenvalue weighted by Crippen LogP contribution is -2.33. The van der Waals surface area contributed by atoms with Gasteiger partial charge < -0.3 is 16.0 Å². The Morgan fingerprint density at radius 2 is 1.71 bits per heavy atom. The fraction of sp³-hybridized carbons (Fsp3) is 0.222. The topological polar surface area (TPSA) is 70.2 Å². The number of amides is 3. The molecule has 3 N–H and O–H groups in total. The molecule has 0 heterocycles. The largest absolute Gasteiger partial charge is 0.350 e. The summed E-state index contributed by atoms with van der Waals surface area (Å²) < 4.78 is 0. The van der Waals surface area contributed by atoms with E-state index in [0.29, 0.717) is 22.0 Å². The van der Waals surface area contributed by atoms with Gasteiger partial charge in [-0.25, -0.2) is 4.79 Å². The van der Waals surface area contributed by atoms with Crippen molar-refractivity contribution in [3.05, 3.63) is 59.1 Å². The molecule has 1 atom stereocenters. The average Bonchev–Trinajstić information content (AvgIpc) is 2.57. The first-order valence-electron chi connectivity index (χ1n) is 7.73. The minimum Gasteiger partial charge on any atom is -0.350 e. The number of nitrogens with one attached hydrogen (secondary N) is 3. The predicted molar refractivity (Wildman–Crippen MR) is 97.8 cm³/mol. The summed E-state index contributed by atoms with van der Waals surface area (Å²) in [5.74, 6) is -0.216. The van der Waals surface area contributed by atoms with Crippen molar-refractivity contribution in [1.29, 1.82) is 0 Å². The molecule has 2 rings (SSSR count). The Labute approximate surface area is 146 Å². The Balaban J connectivity index is 2.07. The summed E-state index contributed by atoms with van der Waals surface area (Å²) in [4.78, 5) is 24.4. The van der Waals surface area contributed by atoms with Gasteiger partial charge in [0.25, 0.3) is 5.91 Å². The number of urea groups is 1. The molecule has 5 nitrogen and oxygen atoms in total. The van der Waals surface area contributed by atoms with Crippen LogP contribution in [0, 0.1) is 0 Å². The maximum Gasteiger partial charge on any atom is 0.323 e. The second-order valence-electron chi connectivity index (χ2n) is 5.41. The van der Waals surface area contributed by atoms with Crippen molar-refractivity contribution in [2.75, 3.05) is 10.6 Å². The number of benzene rings is 2. The summed E-state index contributed by atoms with van der Waals surface area (Å²) in [6.45, 7) is 3.93. The van der Waals surface area contributed by atoms with Crippen molar-refractivity contribution < 1.29 is 9.59 Å². The third-order valence-corrected chi connectivity index (χ3v) is 3.76. The molecule has 0 bridgehead atoms. The van der Waals surface area contributed by atoms with Crippen LogP contribution in [0.4, 0.5) is 16.2 Å². The minimum absolute atomic E-state index is 0.0634. The molecule has 24 heavy (non-hydrogen) atoms. The van der Waals surface area contributed by atoms with Crippen molar-refractivity contribution in [1.82, 2.24) is 5.32 Å². The maximum absolute atomic E-state index is 12.3. The summed E-state index contributed by atoms with van der Waals surface area (Å²) in [7, 11) is 0. The van der Waals surface area contributed by atoms with Gasteiger partial charge in [-0.1, -0.05) is 30.7 Å². The molecule has 0 spiro atoms. The molecule has 0 aliphatic carbocycles. The number of rotatable bonds is 5. The van der Waals surface area contributed by atoms with E-state index in [1.165, 1.54) is 0 Å². The van der Waals surface area contributed by atoms with Gasteiger partial charge in [-0.2, -0.15) is 0 Å². The molecule has 6 heteroatoms. The lowest BCUT2D eigenvalue weighted by molar-refractivity contribution is 0.0940. The number of anilines is 2. The molecular weight excluding hydrogens is 326 g/mol. The molecule has 0 aliphatic rings. The molecule has 0 radical (unpaired) electrons. The molecule has 0 aromatic heterocycles. The van der Waals surface area contributed by atoms with E-state index < -0.39 is 6.03 Å². The van der Waals surface area contributed by atoms with E-state index >= 15 is 0 Å². The summed E-state index contributed by atoms with van der Waals surface area (Å²) >= 11 is 5.81. The van der Waals surface area contributed by atoms with Crippen LogP contribution >= 0.6 is 11.6 Å². The van der Waals surface area contributed by atoms with Gasteiger partial charge in [-0.3, -0.25) is 4.79 Å². The monoisotopic (exact) mass is 345 g/mol. The van der Waals surface area contributed by atoms with Crippen LogP contribution in [-0.4, -0.2) is 18.0 Å². The lowest BCUT2D eigenvalue weighted by atomic mass is 10.1. The third kappa shape index (κ3) is 4.99. The maximum atomic E-state index is 12.3. The lowest BCUT2D eigenvalue weighted by Gasteiger charge is -2.15. The first-order valence-corrected chi connectivity index (χ1v) is 8.11. The van der Waals surface area contributed by atoms with Gasteiger partial charge in [0.2, 0.25) is 0 Å². The van der Waals surface area contributed by atoms with E-state index in [2.05, 4.69) is 16.0 Å². The van der Waals surface area contributed by atoms with Gasteiger partial charge in [0.05, 0.1) is 11.3 Å². The second kappa shape index (κ2) is 8.36. The normalized spacial score (nSPS) is 11.5. The van der Waals surface area contributed by atoms with Gasteiger partial charge in [0.15, 0.2) is 0 Å². The van der Waals surface area contributed by atoms with Gasteiger partial charge in [-0.05, 0) is 49.7 Å². The molecule has 0 saturated heterocycles. The minimum atomic E-state index is -0.430. The zero-order valence-corrected chi connectivity index (χ0v) is 14.4. The third-order valence-electron chi connectivity index (χ3n) is 3.51. The Hall–Kier alpha value is -2.53. The summed E-state index contributed by atoms with van der Waals surface area (Å²) in [6.07, 6.45) is 0.832. The smallest absolute Gasteiger partial charge is 0.323 e. The summed E-state index contributed by atoms with van der Waals surface area (Å²) in [5.41, 5.74) is 1.48. The molecule has 2 aromatic carbocycles. The molecule has 0 fully saturated rings. The Morgan fingerprint density at radius 3 is 2.38 bits per heavy atom. The molecule has 126 valence electrons. The van der Waals surface area contributed by atoms with Gasteiger partial charge >= 0.3 is 6.03 Å². The molecule has 3 amide bonds. The van der Waals surface area contributed by atoms with Crippen LogP contribution in [-0.2, 0) is 0 Å². The average molecular weight is 346 g/mol. The van der Waals surface area contributed by atoms with Gasteiger partial charge in [0.1, 0.15) is 0 Å². The van der Waals surface area contributed by atoms with Gasteiger partial charge in [-0.15, -0.1) is 0 Å². The highest BCUT2D eigenvalue weighted by Gasteiger charge is 2.14.